The van der Waals surface area contributed by atoms with Crippen molar-refractivity contribution in [3.63, 3.8) is 0 Å². The molecule has 2 aliphatic carbocycles. The fourth-order valence-corrected chi connectivity index (χ4v) is 6.46. The van der Waals surface area contributed by atoms with Crippen LogP contribution in [-0.4, -0.2) is 15.0 Å². The molecule has 4 nitrogen and oxygen atoms in total. The maximum Gasteiger partial charge on any atom is 0.124 e. The average molecular weight is 777 g/mol. The summed E-state index contributed by atoms with van der Waals surface area (Å²) in [6.07, 6.45) is 13.7. The Kier molecular flexibility index (Phi) is 7.68. The molecular weight excluding hydrogens is 731 g/mol. The van der Waals surface area contributed by atoms with Gasteiger partial charge >= 0.3 is 0 Å². The largest absolute Gasteiger partial charge is 0.500 e. The molecule has 0 atom stereocenters. The molecule has 6 aromatic rings. The fourth-order valence-electron chi connectivity index (χ4n) is 6.46. The van der Waals surface area contributed by atoms with E-state index < -0.39 is 5.89 Å². The van der Waals surface area contributed by atoms with Gasteiger partial charge in [-0.3, -0.25) is 4.98 Å². The first-order valence-corrected chi connectivity index (χ1v) is 15.7. The number of nitrogens with zero attached hydrogens (tertiary/aromatic N) is 3. The summed E-state index contributed by atoms with van der Waals surface area (Å²) in [6.45, 7) is 1.99. The van der Waals surface area contributed by atoms with E-state index in [9.17, 15) is 0 Å². The van der Waals surface area contributed by atoms with Crippen molar-refractivity contribution in [1.82, 2.24) is 15.0 Å². The number of hydrogen-bond acceptors (Lipinski definition) is 4. The van der Waals surface area contributed by atoms with Crippen LogP contribution in [0.25, 0.3) is 44.5 Å². The second-order valence-corrected chi connectivity index (χ2v) is 11.8. The molecule has 8 rings (SSSR count). The zero-order chi connectivity index (χ0) is 35.9. The van der Waals surface area contributed by atoms with Crippen LogP contribution in [0.1, 0.15) is 102 Å². The van der Waals surface area contributed by atoms with Crippen molar-refractivity contribution < 1.29 is 34.1 Å². The van der Waals surface area contributed by atoms with Crippen LogP contribution in [0.5, 0.6) is 0 Å². The van der Waals surface area contributed by atoms with Gasteiger partial charge in [-0.15, -0.1) is 53.6 Å². The molecule has 231 valence electrons. The summed E-state index contributed by atoms with van der Waals surface area (Å²) in [5.41, 5.74) is 5.83. The zero-order valence-corrected chi connectivity index (χ0v) is 27.7. The third-order valence-corrected chi connectivity index (χ3v) is 8.77. The van der Waals surface area contributed by atoms with E-state index in [1.807, 2.05) is 37.3 Å². The molecule has 2 fully saturated rings. The molecule has 2 saturated carbocycles. The second kappa shape index (κ2) is 14.6. The van der Waals surface area contributed by atoms with Gasteiger partial charge in [-0.2, -0.15) is 0 Å². The van der Waals surface area contributed by atoms with E-state index >= 15 is 0 Å². The molecule has 2 aromatic carbocycles. The quantitative estimate of drug-likeness (QED) is 0.167. The molecule has 45 heavy (non-hydrogen) atoms. The number of rotatable bonds is 4. The first-order chi connectivity index (χ1) is 24.6. The van der Waals surface area contributed by atoms with Crippen molar-refractivity contribution in [3.05, 3.63) is 114 Å². The Labute approximate surface area is 289 Å². The second-order valence-electron chi connectivity index (χ2n) is 11.8. The Balaban J connectivity index is 0.000000182. The number of aryl methyl sites for hydroxylation is 1. The van der Waals surface area contributed by atoms with E-state index in [0.717, 1.165) is 78.1 Å². The van der Waals surface area contributed by atoms with Crippen LogP contribution in [0, 0.1) is 19.1 Å². The number of pyridine rings is 3. The van der Waals surface area contributed by atoms with Crippen molar-refractivity contribution in [2.75, 3.05) is 0 Å². The van der Waals surface area contributed by atoms with Crippen molar-refractivity contribution in [3.8, 4) is 22.5 Å². The summed E-state index contributed by atoms with van der Waals surface area (Å²) in [4.78, 5) is 13.2. The molecule has 0 aliphatic heterocycles. The molecule has 0 N–H and O–H groups in total. The Hall–Kier alpha value is -3.66. The first kappa shape index (κ1) is 23.6. The van der Waals surface area contributed by atoms with Crippen LogP contribution in [0.3, 0.4) is 0 Å². The Morgan fingerprint density at radius 3 is 2.47 bits per heavy atom. The smallest absolute Gasteiger partial charge is 0.124 e. The van der Waals surface area contributed by atoms with E-state index in [0.29, 0.717) is 28.3 Å². The SMILES string of the molecule is [2H]c1c(C2([2H])CCCCC2)cnc(-c2[c-]cc(C)cc2)c1[2H].[2H]c1nc(-c2[c-]ccc3c2oc2ccnc(C4CCCCC4)c23)c([2H])c([2H])c1[2H].[Ir]. The molecular formula is C40H39IrN3O-2. The Bertz CT molecular complexity index is 2230. The van der Waals surface area contributed by atoms with Crippen molar-refractivity contribution in [2.24, 2.45) is 0 Å². The summed E-state index contributed by atoms with van der Waals surface area (Å²) in [6, 6.07) is 16.8. The van der Waals surface area contributed by atoms with Crippen molar-refractivity contribution >= 4 is 21.9 Å². The minimum absolute atomic E-state index is 0. The van der Waals surface area contributed by atoms with Crippen LogP contribution in [0.4, 0.5) is 0 Å². The summed E-state index contributed by atoms with van der Waals surface area (Å²) in [5, 5.41) is 1.88. The van der Waals surface area contributed by atoms with Gasteiger partial charge in [0.25, 0.3) is 0 Å². The van der Waals surface area contributed by atoms with Crippen LogP contribution < -0.4 is 0 Å². The molecule has 0 saturated heterocycles. The molecule has 4 aromatic heterocycles. The van der Waals surface area contributed by atoms with Crippen molar-refractivity contribution in [2.45, 2.75) is 82.9 Å². The fraction of sp³-hybridized carbons (Fsp3) is 0.325. The van der Waals surface area contributed by atoms with E-state index in [2.05, 4.69) is 22.1 Å². The van der Waals surface area contributed by atoms with Gasteiger partial charge in [0.2, 0.25) is 0 Å². The van der Waals surface area contributed by atoms with Gasteiger partial charge in [0, 0.05) is 51.3 Å². The van der Waals surface area contributed by atoms with Gasteiger partial charge < -0.3 is 14.4 Å². The molecule has 2 aliphatic rings. The Morgan fingerprint density at radius 2 is 1.67 bits per heavy atom. The van der Waals surface area contributed by atoms with E-state index in [-0.39, 0.29) is 62.2 Å². The third kappa shape index (κ3) is 6.95. The number of furan rings is 1. The van der Waals surface area contributed by atoms with Gasteiger partial charge in [-0.25, -0.2) is 0 Å². The van der Waals surface area contributed by atoms with Crippen LogP contribution in [-0.2, 0) is 20.1 Å². The summed E-state index contributed by atoms with van der Waals surface area (Å²) in [5.74, 6) is -0.332. The maximum absolute atomic E-state index is 8.65. The molecule has 0 unspecified atom stereocenters. The standard InChI is InChI=1S/C22H19N2O.C18H20N.Ir/c1-2-7-15(8-3-1)21-20-17-10-6-9-16(18-11-4-5-13-23-18)22(17)25-19(20)12-14-24-21;1-14-7-9-16(10-8-14)18-12-11-17(13-19-18)15-5-3-2-4-6-15;/h4-6,10-15H,1-3,7-8H2;7-9,11-13,15H,2-6H2,1H3;/q2*-1;/i4D,5D,11D,13D;11D,12D,15D;. The normalized spacial score (nSPS) is 18.6. The topological polar surface area (TPSA) is 51.8 Å². The molecule has 0 amide bonds. The first-order valence-electron chi connectivity index (χ1n) is 19.2. The van der Waals surface area contributed by atoms with Gasteiger partial charge in [-0.1, -0.05) is 80.6 Å². The van der Waals surface area contributed by atoms with Crippen LogP contribution >= 0.6 is 0 Å². The molecule has 5 heteroatoms. The summed E-state index contributed by atoms with van der Waals surface area (Å²) >= 11 is 0. The maximum atomic E-state index is 8.65. The molecule has 0 bridgehead atoms. The van der Waals surface area contributed by atoms with E-state index in [4.69, 9.17) is 19.0 Å². The predicted molar refractivity (Wildman–Crippen MR) is 178 cm³/mol. The summed E-state index contributed by atoms with van der Waals surface area (Å²) < 4.78 is 63.3. The third-order valence-electron chi connectivity index (χ3n) is 8.77. The number of aromatic nitrogens is 3. The molecule has 4 heterocycles. The van der Waals surface area contributed by atoms with E-state index in [1.165, 1.54) is 19.3 Å². The van der Waals surface area contributed by atoms with Gasteiger partial charge in [0.1, 0.15) is 5.58 Å². The zero-order valence-electron chi connectivity index (χ0n) is 32.4. The van der Waals surface area contributed by atoms with E-state index in [1.54, 1.807) is 18.5 Å². The predicted octanol–water partition coefficient (Wildman–Crippen LogP) is 10.8. The van der Waals surface area contributed by atoms with Gasteiger partial charge in [0.05, 0.1) is 19.5 Å². The Morgan fingerprint density at radius 1 is 0.844 bits per heavy atom. The summed E-state index contributed by atoms with van der Waals surface area (Å²) in [7, 11) is 0. The molecule has 0 spiro atoms. The number of fused-ring (bicyclic) bond motifs is 3. The van der Waals surface area contributed by atoms with Gasteiger partial charge in [-0.05, 0) is 60.6 Å². The number of benzene rings is 2. The van der Waals surface area contributed by atoms with Crippen LogP contribution in [0.15, 0.2) is 89.6 Å². The average Bonchev–Trinajstić information content (AvgIpc) is 3.54. The van der Waals surface area contributed by atoms with Gasteiger partial charge in [0.15, 0.2) is 0 Å². The van der Waals surface area contributed by atoms with Crippen molar-refractivity contribution in [1.29, 1.82) is 0 Å². The monoisotopic (exact) mass is 777 g/mol. The van der Waals surface area contributed by atoms with Crippen LogP contribution in [0.2, 0.25) is 0 Å². The number of hydrogen-bond donors (Lipinski definition) is 0. The minimum atomic E-state index is -0.742. The minimum Gasteiger partial charge on any atom is -0.500 e. The molecule has 1 radical (unpaired) electrons.